The highest BCUT2D eigenvalue weighted by atomic mass is 16.5. The fraction of sp³-hybridized carbons (Fsp3) is 0.500. The first-order valence-corrected chi connectivity index (χ1v) is 6.30. The number of nitrogens with two attached hydrogens (primary N) is 1. The Kier molecular flexibility index (Phi) is 5.82. The van der Waals surface area contributed by atoms with E-state index in [2.05, 4.69) is 19.2 Å². The summed E-state index contributed by atoms with van der Waals surface area (Å²) in [4.78, 5) is 11.9. The van der Waals surface area contributed by atoms with Gasteiger partial charge in [0.2, 0.25) is 5.91 Å². The Labute approximate surface area is 109 Å². The number of hydrogen-bond donors (Lipinski definition) is 2. The summed E-state index contributed by atoms with van der Waals surface area (Å²) in [6.07, 6.45) is 1.76. The van der Waals surface area contributed by atoms with Crippen molar-refractivity contribution in [3.05, 3.63) is 29.3 Å². The van der Waals surface area contributed by atoms with E-state index in [1.807, 2.05) is 18.2 Å². The van der Waals surface area contributed by atoms with Crippen LogP contribution in [0.15, 0.2) is 18.2 Å². The summed E-state index contributed by atoms with van der Waals surface area (Å²) in [5, 5.41) is 2.92. The molecule has 0 fully saturated rings. The van der Waals surface area contributed by atoms with E-state index in [-0.39, 0.29) is 12.5 Å². The molecular weight excluding hydrogens is 228 g/mol. The van der Waals surface area contributed by atoms with Crippen molar-refractivity contribution in [3.63, 3.8) is 0 Å². The summed E-state index contributed by atoms with van der Waals surface area (Å²) in [5.74, 6) is -0.201. The van der Waals surface area contributed by atoms with E-state index in [1.165, 1.54) is 7.11 Å². The van der Waals surface area contributed by atoms with Gasteiger partial charge in [-0.25, -0.2) is 0 Å². The molecule has 0 aliphatic rings. The molecule has 0 aromatic heterocycles. The van der Waals surface area contributed by atoms with Gasteiger partial charge < -0.3 is 15.8 Å². The van der Waals surface area contributed by atoms with E-state index in [0.717, 1.165) is 29.7 Å². The fourth-order valence-electron chi connectivity index (χ4n) is 1.87. The fourth-order valence-corrected chi connectivity index (χ4v) is 1.87. The Hall–Kier alpha value is -1.39. The van der Waals surface area contributed by atoms with Crippen LogP contribution < -0.4 is 11.1 Å². The molecule has 0 radical (unpaired) electrons. The van der Waals surface area contributed by atoms with Crippen LogP contribution >= 0.6 is 0 Å². The Morgan fingerprint density at radius 2 is 1.89 bits per heavy atom. The van der Waals surface area contributed by atoms with E-state index in [0.29, 0.717) is 0 Å². The molecule has 0 bridgehead atoms. The second-order valence-electron chi connectivity index (χ2n) is 4.21. The maximum Gasteiger partial charge on any atom is 0.243 e. The van der Waals surface area contributed by atoms with Crippen molar-refractivity contribution in [2.24, 2.45) is 5.73 Å². The van der Waals surface area contributed by atoms with Gasteiger partial charge in [-0.05, 0) is 24.0 Å². The number of nitrogens with one attached hydrogen (secondary N) is 1. The van der Waals surface area contributed by atoms with Gasteiger partial charge in [-0.15, -0.1) is 0 Å². The number of para-hydroxylation sites is 1. The number of methoxy groups -OCH3 is 1. The van der Waals surface area contributed by atoms with Crippen molar-refractivity contribution in [1.29, 1.82) is 0 Å². The molecule has 0 aliphatic heterocycles. The Morgan fingerprint density at radius 3 is 2.33 bits per heavy atom. The molecule has 1 rings (SSSR count). The van der Waals surface area contributed by atoms with Gasteiger partial charge in [-0.2, -0.15) is 0 Å². The van der Waals surface area contributed by atoms with E-state index < -0.39 is 6.04 Å². The standard InChI is InChI=1S/C14H22N2O2/c1-4-10-7-6-8-11(5-2)13(10)16-14(17)12(15)9-18-3/h6-8,12H,4-5,9,15H2,1-3H3,(H,16,17). The number of rotatable bonds is 6. The van der Waals surface area contributed by atoms with Crippen LogP contribution in [0.2, 0.25) is 0 Å². The summed E-state index contributed by atoms with van der Waals surface area (Å²) >= 11 is 0. The predicted octanol–water partition coefficient (Wildman–Crippen LogP) is 1.72. The molecule has 4 heteroatoms. The van der Waals surface area contributed by atoms with Gasteiger partial charge >= 0.3 is 0 Å². The summed E-state index contributed by atoms with van der Waals surface area (Å²) < 4.78 is 4.89. The van der Waals surface area contributed by atoms with Gasteiger partial charge in [0.1, 0.15) is 6.04 Å². The average molecular weight is 250 g/mol. The third-order valence-electron chi connectivity index (χ3n) is 2.93. The zero-order chi connectivity index (χ0) is 13.5. The normalized spacial score (nSPS) is 12.2. The molecule has 0 saturated heterocycles. The maximum absolute atomic E-state index is 11.9. The molecule has 0 heterocycles. The van der Waals surface area contributed by atoms with E-state index >= 15 is 0 Å². The second kappa shape index (κ2) is 7.13. The van der Waals surface area contributed by atoms with Gasteiger partial charge in [-0.1, -0.05) is 32.0 Å². The highest BCUT2D eigenvalue weighted by Crippen LogP contribution is 2.22. The summed E-state index contributed by atoms with van der Waals surface area (Å²) in [6.45, 7) is 4.36. The van der Waals surface area contributed by atoms with Crippen molar-refractivity contribution >= 4 is 11.6 Å². The highest BCUT2D eigenvalue weighted by molar-refractivity contribution is 5.96. The molecule has 0 aliphatic carbocycles. The van der Waals surface area contributed by atoms with Crippen LogP contribution in [0.3, 0.4) is 0 Å². The second-order valence-corrected chi connectivity index (χ2v) is 4.21. The Balaban J connectivity index is 2.91. The van der Waals surface area contributed by atoms with Crippen molar-refractivity contribution < 1.29 is 9.53 Å². The first-order chi connectivity index (χ1) is 8.63. The first kappa shape index (κ1) is 14.7. The zero-order valence-corrected chi connectivity index (χ0v) is 11.3. The quantitative estimate of drug-likeness (QED) is 0.808. The maximum atomic E-state index is 11.9. The lowest BCUT2D eigenvalue weighted by Crippen LogP contribution is -2.39. The third kappa shape index (κ3) is 3.55. The van der Waals surface area contributed by atoms with Crippen molar-refractivity contribution in [2.75, 3.05) is 19.0 Å². The molecule has 1 aromatic carbocycles. The Bertz CT molecular complexity index is 383. The van der Waals surface area contributed by atoms with Crippen LogP contribution in [0.25, 0.3) is 0 Å². The predicted molar refractivity (Wildman–Crippen MR) is 73.7 cm³/mol. The van der Waals surface area contributed by atoms with Crippen LogP contribution in [-0.4, -0.2) is 25.7 Å². The van der Waals surface area contributed by atoms with E-state index in [1.54, 1.807) is 0 Å². The SMILES string of the molecule is CCc1cccc(CC)c1NC(=O)C(N)COC. The largest absolute Gasteiger partial charge is 0.383 e. The topological polar surface area (TPSA) is 64.4 Å². The lowest BCUT2D eigenvalue weighted by molar-refractivity contribution is -0.118. The number of carbonyl (C=O) groups excluding carboxylic acids is 1. The van der Waals surface area contributed by atoms with Crippen LogP contribution in [0.1, 0.15) is 25.0 Å². The van der Waals surface area contributed by atoms with Crippen molar-refractivity contribution in [1.82, 2.24) is 0 Å². The monoisotopic (exact) mass is 250 g/mol. The van der Waals surface area contributed by atoms with E-state index in [4.69, 9.17) is 10.5 Å². The minimum absolute atomic E-state index is 0.201. The number of carbonyl (C=O) groups is 1. The molecule has 1 aromatic rings. The number of amides is 1. The average Bonchev–Trinajstić information content (AvgIpc) is 2.39. The third-order valence-corrected chi connectivity index (χ3v) is 2.93. The molecular formula is C14H22N2O2. The van der Waals surface area contributed by atoms with Gasteiger partial charge in [0.15, 0.2) is 0 Å². The summed E-state index contributed by atoms with van der Waals surface area (Å²) in [5.41, 5.74) is 8.89. The Morgan fingerprint density at radius 1 is 1.33 bits per heavy atom. The minimum atomic E-state index is -0.635. The molecule has 1 unspecified atom stereocenters. The summed E-state index contributed by atoms with van der Waals surface area (Å²) in [6, 6.07) is 5.43. The van der Waals surface area contributed by atoms with Gasteiger partial charge in [0.25, 0.3) is 0 Å². The van der Waals surface area contributed by atoms with Crippen LogP contribution in [-0.2, 0) is 22.4 Å². The smallest absolute Gasteiger partial charge is 0.243 e. The molecule has 4 nitrogen and oxygen atoms in total. The molecule has 0 saturated carbocycles. The molecule has 100 valence electrons. The van der Waals surface area contributed by atoms with Gasteiger partial charge in [0.05, 0.1) is 6.61 Å². The van der Waals surface area contributed by atoms with Crippen LogP contribution in [0, 0.1) is 0 Å². The molecule has 1 amide bonds. The number of hydrogen-bond acceptors (Lipinski definition) is 3. The number of ether oxygens (including phenoxy) is 1. The molecule has 18 heavy (non-hydrogen) atoms. The lowest BCUT2D eigenvalue weighted by atomic mass is 10.0. The van der Waals surface area contributed by atoms with Crippen molar-refractivity contribution in [2.45, 2.75) is 32.7 Å². The lowest BCUT2D eigenvalue weighted by Gasteiger charge is -2.17. The minimum Gasteiger partial charge on any atom is -0.383 e. The first-order valence-electron chi connectivity index (χ1n) is 6.30. The summed E-state index contributed by atoms with van der Waals surface area (Å²) in [7, 11) is 1.53. The number of aryl methyl sites for hydroxylation is 2. The van der Waals surface area contributed by atoms with Crippen LogP contribution in [0.4, 0.5) is 5.69 Å². The van der Waals surface area contributed by atoms with Crippen molar-refractivity contribution in [3.8, 4) is 0 Å². The van der Waals surface area contributed by atoms with E-state index in [9.17, 15) is 4.79 Å². The molecule has 3 N–H and O–H groups in total. The number of benzene rings is 1. The van der Waals surface area contributed by atoms with Crippen LogP contribution in [0.5, 0.6) is 0 Å². The molecule has 0 spiro atoms. The zero-order valence-electron chi connectivity index (χ0n) is 11.3. The van der Waals surface area contributed by atoms with Gasteiger partial charge in [-0.3, -0.25) is 4.79 Å². The molecule has 1 atom stereocenters. The highest BCUT2D eigenvalue weighted by Gasteiger charge is 2.16. The van der Waals surface area contributed by atoms with Gasteiger partial charge in [0, 0.05) is 12.8 Å². The number of anilines is 1.